The van der Waals surface area contributed by atoms with Crippen LogP contribution in [0.4, 0.5) is 8.78 Å². The van der Waals surface area contributed by atoms with E-state index in [1.54, 1.807) is 0 Å². The lowest BCUT2D eigenvalue weighted by atomic mass is 10.0. The zero-order valence-electron chi connectivity index (χ0n) is 8.13. The number of rotatable bonds is 4. The second-order valence-corrected chi connectivity index (χ2v) is 3.38. The van der Waals surface area contributed by atoms with Crippen LogP contribution < -0.4 is 0 Å². The maximum Gasteiger partial charge on any atom is 0.129 e. The molecule has 0 aliphatic carbocycles. The minimum absolute atomic E-state index is 0.250. The molecule has 1 aromatic rings. The second kappa shape index (κ2) is 5.05. The molecule has 0 radical (unpaired) electrons. The maximum absolute atomic E-state index is 13.1. The predicted octanol–water partition coefficient (Wildman–Crippen LogP) is 2.67. The molecule has 1 nitrogen and oxygen atoms in total. The van der Waals surface area contributed by atoms with Crippen molar-refractivity contribution < 1.29 is 13.9 Å². The summed E-state index contributed by atoms with van der Waals surface area (Å²) in [5.41, 5.74) is 0.368. The molecule has 0 aliphatic rings. The molecule has 0 bridgehead atoms. The number of aliphatic hydroxyl groups is 1. The van der Waals surface area contributed by atoms with Gasteiger partial charge in [-0.3, -0.25) is 0 Å². The fraction of sp³-hybridized carbons (Fsp3) is 0.455. The van der Waals surface area contributed by atoms with Crippen molar-refractivity contribution in [2.24, 2.45) is 0 Å². The van der Waals surface area contributed by atoms with Gasteiger partial charge in [0.15, 0.2) is 0 Å². The molecule has 0 saturated heterocycles. The molecule has 78 valence electrons. The van der Waals surface area contributed by atoms with E-state index >= 15 is 0 Å². The van der Waals surface area contributed by atoms with E-state index in [0.717, 1.165) is 12.5 Å². The van der Waals surface area contributed by atoms with Gasteiger partial charge in [0.25, 0.3) is 0 Å². The Morgan fingerprint density at radius 3 is 2.64 bits per heavy atom. The Kier molecular flexibility index (Phi) is 4.01. The molecule has 1 N–H and O–H groups in total. The molecular formula is C11H14F2O. The van der Waals surface area contributed by atoms with Crippen LogP contribution in [0.5, 0.6) is 0 Å². The number of halogens is 2. The quantitative estimate of drug-likeness (QED) is 0.792. The van der Waals surface area contributed by atoms with Crippen molar-refractivity contribution in [2.45, 2.75) is 32.3 Å². The van der Waals surface area contributed by atoms with Crippen LogP contribution in [-0.2, 0) is 6.42 Å². The van der Waals surface area contributed by atoms with E-state index in [-0.39, 0.29) is 6.42 Å². The van der Waals surface area contributed by atoms with Crippen molar-refractivity contribution in [2.75, 3.05) is 0 Å². The van der Waals surface area contributed by atoms with Crippen molar-refractivity contribution in [3.8, 4) is 0 Å². The minimum atomic E-state index is -0.587. The third-order valence-corrected chi connectivity index (χ3v) is 2.09. The summed E-state index contributed by atoms with van der Waals surface area (Å²) in [5, 5.41) is 9.44. The highest BCUT2D eigenvalue weighted by Gasteiger charge is 2.09. The highest BCUT2D eigenvalue weighted by Crippen LogP contribution is 2.13. The minimum Gasteiger partial charge on any atom is -0.393 e. The van der Waals surface area contributed by atoms with Gasteiger partial charge < -0.3 is 5.11 Å². The van der Waals surface area contributed by atoms with Crippen LogP contribution in [-0.4, -0.2) is 11.2 Å². The molecule has 1 rings (SSSR count). The lowest BCUT2D eigenvalue weighted by Crippen LogP contribution is -2.11. The molecule has 0 aromatic heterocycles. The highest BCUT2D eigenvalue weighted by molar-refractivity contribution is 5.19. The van der Waals surface area contributed by atoms with Gasteiger partial charge in [0, 0.05) is 12.5 Å². The fourth-order valence-electron chi connectivity index (χ4n) is 1.38. The topological polar surface area (TPSA) is 20.2 Å². The Labute approximate surface area is 82.4 Å². The molecule has 1 atom stereocenters. The zero-order chi connectivity index (χ0) is 10.6. The average Bonchev–Trinajstić information content (AvgIpc) is 2.10. The van der Waals surface area contributed by atoms with Gasteiger partial charge in [-0.2, -0.15) is 0 Å². The standard InChI is InChI=1S/C11H14F2O/c1-2-3-10(14)6-8-4-5-9(12)7-11(8)13/h4-5,7,10,14H,2-3,6H2,1H3/t10-/m1/s1. The lowest BCUT2D eigenvalue weighted by molar-refractivity contribution is 0.162. The van der Waals surface area contributed by atoms with E-state index in [9.17, 15) is 13.9 Å². The van der Waals surface area contributed by atoms with Crippen molar-refractivity contribution in [1.29, 1.82) is 0 Å². The summed E-state index contributed by atoms with van der Waals surface area (Å²) in [6.07, 6.45) is 1.20. The van der Waals surface area contributed by atoms with Gasteiger partial charge in [-0.1, -0.05) is 19.4 Å². The molecule has 3 heteroatoms. The molecule has 0 aliphatic heterocycles. The van der Waals surface area contributed by atoms with Crippen LogP contribution in [0.1, 0.15) is 25.3 Å². The van der Waals surface area contributed by atoms with Crippen LogP contribution in [0, 0.1) is 11.6 Å². The first kappa shape index (κ1) is 11.1. The van der Waals surface area contributed by atoms with Gasteiger partial charge >= 0.3 is 0 Å². The van der Waals surface area contributed by atoms with E-state index in [1.165, 1.54) is 12.1 Å². The van der Waals surface area contributed by atoms with Gasteiger partial charge in [-0.15, -0.1) is 0 Å². The third-order valence-electron chi connectivity index (χ3n) is 2.09. The normalized spacial score (nSPS) is 12.9. The summed E-state index contributed by atoms with van der Waals surface area (Å²) in [5.74, 6) is -1.17. The average molecular weight is 200 g/mol. The number of aliphatic hydroxyl groups excluding tert-OH is 1. The molecular weight excluding hydrogens is 186 g/mol. The molecule has 0 unspecified atom stereocenters. The van der Waals surface area contributed by atoms with E-state index < -0.39 is 17.7 Å². The van der Waals surface area contributed by atoms with Crippen LogP contribution in [0.25, 0.3) is 0 Å². The molecule has 0 heterocycles. The summed E-state index contributed by atoms with van der Waals surface area (Å²) in [7, 11) is 0. The van der Waals surface area contributed by atoms with Crippen molar-refractivity contribution >= 4 is 0 Å². The second-order valence-electron chi connectivity index (χ2n) is 3.38. The Bertz CT molecular complexity index is 299. The van der Waals surface area contributed by atoms with E-state index in [4.69, 9.17) is 0 Å². The van der Waals surface area contributed by atoms with E-state index in [2.05, 4.69) is 0 Å². The van der Waals surface area contributed by atoms with E-state index in [0.29, 0.717) is 12.0 Å². The summed E-state index contributed by atoms with van der Waals surface area (Å²) in [6, 6.07) is 3.43. The summed E-state index contributed by atoms with van der Waals surface area (Å²) in [6.45, 7) is 1.95. The Hall–Kier alpha value is -0.960. The molecule has 1 aromatic carbocycles. The Balaban J connectivity index is 2.67. The highest BCUT2D eigenvalue weighted by atomic mass is 19.1. The van der Waals surface area contributed by atoms with E-state index in [1.807, 2.05) is 6.92 Å². The summed E-state index contributed by atoms with van der Waals surface area (Å²) >= 11 is 0. The zero-order valence-corrected chi connectivity index (χ0v) is 8.13. The SMILES string of the molecule is CCC[C@@H](O)Cc1ccc(F)cc1F. The van der Waals surface area contributed by atoms with Crippen LogP contribution in [0.2, 0.25) is 0 Å². The summed E-state index contributed by atoms with van der Waals surface area (Å²) < 4.78 is 25.6. The first-order valence-electron chi connectivity index (χ1n) is 4.75. The maximum atomic E-state index is 13.1. The fourth-order valence-corrected chi connectivity index (χ4v) is 1.38. The lowest BCUT2D eigenvalue weighted by Gasteiger charge is -2.09. The largest absolute Gasteiger partial charge is 0.393 e. The third kappa shape index (κ3) is 3.07. The predicted molar refractivity (Wildman–Crippen MR) is 51.0 cm³/mol. The molecule has 0 fully saturated rings. The van der Waals surface area contributed by atoms with Gasteiger partial charge in [-0.05, 0) is 18.1 Å². The molecule has 0 amide bonds. The van der Waals surface area contributed by atoms with Gasteiger partial charge in [0.2, 0.25) is 0 Å². The van der Waals surface area contributed by atoms with Crippen LogP contribution >= 0.6 is 0 Å². The van der Waals surface area contributed by atoms with Gasteiger partial charge in [-0.25, -0.2) is 8.78 Å². The van der Waals surface area contributed by atoms with Crippen LogP contribution in [0.3, 0.4) is 0 Å². The first-order chi connectivity index (χ1) is 6.63. The van der Waals surface area contributed by atoms with Gasteiger partial charge in [0.1, 0.15) is 11.6 Å². The number of benzene rings is 1. The molecule has 0 saturated carbocycles. The molecule has 0 spiro atoms. The number of hydrogen-bond donors (Lipinski definition) is 1. The molecule has 14 heavy (non-hydrogen) atoms. The van der Waals surface area contributed by atoms with Crippen LogP contribution in [0.15, 0.2) is 18.2 Å². The van der Waals surface area contributed by atoms with Crippen molar-refractivity contribution in [1.82, 2.24) is 0 Å². The van der Waals surface area contributed by atoms with Gasteiger partial charge in [0.05, 0.1) is 6.10 Å². The summed E-state index contributed by atoms with van der Waals surface area (Å²) in [4.78, 5) is 0. The first-order valence-corrected chi connectivity index (χ1v) is 4.75. The smallest absolute Gasteiger partial charge is 0.129 e. The Morgan fingerprint density at radius 1 is 1.36 bits per heavy atom. The monoisotopic (exact) mass is 200 g/mol. The van der Waals surface area contributed by atoms with Crippen molar-refractivity contribution in [3.63, 3.8) is 0 Å². The Morgan fingerprint density at radius 2 is 2.07 bits per heavy atom. The van der Waals surface area contributed by atoms with Crippen molar-refractivity contribution in [3.05, 3.63) is 35.4 Å². The number of hydrogen-bond acceptors (Lipinski definition) is 1.